The Bertz CT molecular complexity index is 2700. The van der Waals surface area contributed by atoms with Gasteiger partial charge in [-0.3, -0.25) is 0 Å². The molecule has 254 valence electrons. The second kappa shape index (κ2) is 11.3. The summed E-state index contributed by atoms with van der Waals surface area (Å²) in [4.78, 5) is 0. The van der Waals surface area contributed by atoms with E-state index < -0.39 is 0 Å². The molecule has 0 aliphatic heterocycles. The van der Waals surface area contributed by atoms with Crippen LogP contribution < -0.4 is 11.5 Å². The normalized spacial score (nSPS) is 12.6. The predicted molar refractivity (Wildman–Crippen MR) is 229 cm³/mol. The minimum atomic E-state index is 0.0422. The molecule has 0 amide bonds. The van der Waals surface area contributed by atoms with Gasteiger partial charge in [0.2, 0.25) is 0 Å². The first kappa shape index (κ1) is 32.1. The van der Waals surface area contributed by atoms with Gasteiger partial charge in [-0.15, -0.1) is 0 Å². The average molecular weight is 673 g/mol. The number of hydrogen-bond acceptors (Lipinski definition) is 2. The highest BCUT2D eigenvalue weighted by Gasteiger charge is 2.20. The monoisotopic (exact) mass is 672 g/mol. The first-order valence-electron chi connectivity index (χ1n) is 18.3. The van der Waals surface area contributed by atoms with Gasteiger partial charge in [0.25, 0.3) is 0 Å². The lowest BCUT2D eigenvalue weighted by Crippen LogP contribution is -2.10. The van der Waals surface area contributed by atoms with E-state index in [1.807, 2.05) is 24.3 Å². The highest BCUT2D eigenvalue weighted by Crippen LogP contribution is 2.44. The number of rotatable bonds is 2. The van der Waals surface area contributed by atoms with Crippen LogP contribution in [-0.2, 0) is 10.8 Å². The standard InChI is InChI=1S/C50H44N2/c1-49(2,3)31-11-17-37-41-21-19-35-36-20-22-42-38-18-12-32(50(4,5)6)26-46(38)44(30-9-15-34(52)16-10-30)28-48(42)40(36)24-23-39(35)47(41)27-43(45(37)25-31)29-7-13-33(51)14-8-29/h7-28H,51-52H2,1-6H3. The SMILES string of the molecule is CC(C)(C)c1ccc2c(c1)c(-c1ccc(N)cc1)cc1c2ccc2c1ccc1c3cc(-c4ccc(N)cc4)c4cc(C(C)(C)C)ccc4c3ccc12. The van der Waals surface area contributed by atoms with Crippen molar-refractivity contribution in [1.29, 1.82) is 0 Å². The Hall–Kier alpha value is -5.86. The molecular weight excluding hydrogens is 629 g/mol. The molecule has 0 radical (unpaired) electrons. The van der Waals surface area contributed by atoms with Crippen molar-refractivity contribution in [3.05, 3.63) is 145 Å². The van der Waals surface area contributed by atoms with E-state index in [4.69, 9.17) is 11.5 Å². The molecule has 0 bridgehead atoms. The number of anilines is 2. The number of fused-ring (bicyclic) bond motifs is 11. The molecule has 4 N–H and O–H groups in total. The van der Waals surface area contributed by atoms with Crippen molar-refractivity contribution < 1.29 is 0 Å². The maximum Gasteiger partial charge on any atom is 0.0314 e. The molecule has 0 heterocycles. The summed E-state index contributed by atoms with van der Waals surface area (Å²) in [5.74, 6) is 0. The quantitative estimate of drug-likeness (QED) is 0.142. The van der Waals surface area contributed by atoms with Crippen LogP contribution in [0.25, 0.3) is 86.9 Å². The lowest BCUT2D eigenvalue weighted by Gasteiger charge is -2.22. The molecule has 0 fully saturated rings. The molecule has 0 unspecified atom stereocenters. The van der Waals surface area contributed by atoms with Crippen molar-refractivity contribution in [2.75, 3.05) is 11.5 Å². The maximum atomic E-state index is 6.15. The van der Waals surface area contributed by atoms with Gasteiger partial charge in [-0.1, -0.05) is 126 Å². The third-order valence-corrected chi connectivity index (χ3v) is 11.2. The highest BCUT2D eigenvalue weighted by atomic mass is 14.5. The zero-order valence-corrected chi connectivity index (χ0v) is 30.9. The Labute approximate surface area is 305 Å². The third kappa shape index (κ3) is 5.08. The van der Waals surface area contributed by atoms with Gasteiger partial charge in [0.05, 0.1) is 0 Å². The van der Waals surface area contributed by atoms with Crippen LogP contribution in [0, 0.1) is 0 Å². The molecule has 0 saturated carbocycles. The number of nitrogens with two attached hydrogens (primary N) is 2. The van der Waals surface area contributed by atoms with Crippen molar-refractivity contribution >= 4 is 76.0 Å². The summed E-state index contributed by atoms with van der Waals surface area (Å²) in [5.41, 5.74) is 21.4. The summed E-state index contributed by atoms with van der Waals surface area (Å²) in [7, 11) is 0. The Morgan fingerprint density at radius 1 is 0.288 bits per heavy atom. The van der Waals surface area contributed by atoms with E-state index in [1.165, 1.54) is 98.0 Å². The summed E-state index contributed by atoms with van der Waals surface area (Å²) in [5, 5.41) is 15.2. The first-order chi connectivity index (χ1) is 24.8. The largest absolute Gasteiger partial charge is 0.399 e. The molecular formula is C50H44N2. The van der Waals surface area contributed by atoms with Gasteiger partial charge in [0.15, 0.2) is 0 Å². The van der Waals surface area contributed by atoms with E-state index >= 15 is 0 Å². The molecule has 9 rings (SSSR count). The minimum Gasteiger partial charge on any atom is -0.399 e. The molecule has 0 aromatic heterocycles. The van der Waals surface area contributed by atoms with Gasteiger partial charge in [-0.05, 0) is 157 Å². The fraction of sp³-hybridized carbons (Fsp3) is 0.160. The number of hydrogen-bond donors (Lipinski definition) is 2. The zero-order chi connectivity index (χ0) is 36.1. The van der Waals surface area contributed by atoms with Gasteiger partial charge in [-0.2, -0.15) is 0 Å². The smallest absolute Gasteiger partial charge is 0.0314 e. The van der Waals surface area contributed by atoms with E-state index in [0.29, 0.717) is 0 Å². The van der Waals surface area contributed by atoms with Crippen LogP contribution >= 0.6 is 0 Å². The second-order valence-corrected chi connectivity index (χ2v) is 16.7. The van der Waals surface area contributed by atoms with Crippen LogP contribution in [0.15, 0.2) is 133 Å². The summed E-state index contributed by atoms with van der Waals surface area (Å²) in [6.07, 6.45) is 0. The van der Waals surface area contributed by atoms with Crippen LogP contribution in [-0.4, -0.2) is 0 Å². The van der Waals surface area contributed by atoms with Crippen molar-refractivity contribution in [2.45, 2.75) is 52.4 Å². The van der Waals surface area contributed by atoms with Crippen LogP contribution in [0.2, 0.25) is 0 Å². The van der Waals surface area contributed by atoms with E-state index in [-0.39, 0.29) is 10.8 Å². The van der Waals surface area contributed by atoms with Crippen molar-refractivity contribution in [1.82, 2.24) is 0 Å². The average Bonchev–Trinajstić information content (AvgIpc) is 3.13. The van der Waals surface area contributed by atoms with Gasteiger partial charge in [0, 0.05) is 11.4 Å². The Kier molecular flexibility index (Phi) is 6.98. The van der Waals surface area contributed by atoms with Crippen LogP contribution in [0.3, 0.4) is 0 Å². The van der Waals surface area contributed by atoms with Gasteiger partial charge in [-0.25, -0.2) is 0 Å². The fourth-order valence-corrected chi connectivity index (χ4v) is 8.23. The molecule has 2 heteroatoms. The lowest BCUT2D eigenvalue weighted by molar-refractivity contribution is 0.591. The van der Waals surface area contributed by atoms with Crippen molar-refractivity contribution in [3.8, 4) is 22.3 Å². The van der Waals surface area contributed by atoms with Crippen LogP contribution in [0.4, 0.5) is 11.4 Å². The highest BCUT2D eigenvalue weighted by molar-refractivity contribution is 6.29. The van der Waals surface area contributed by atoms with E-state index in [2.05, 4.69) is 151 Å². The topological polar surface area (TPSA) is 52.0 Å². The van der Waals surface area contributed by atoms with Gasteiger partial charge < -0.3 is 11.5 Å². The summed E-state index contributed by atoms with van der Waals surface area (Å²) in [6, 6.07) is 49.5. The second-order valence-electron chi connectivity index (χ2n) is 16.7. The number of nitrogen functional groups attached to an aromatic ring is 2. The number of benzene rings is 9. The van der Waals surface area contributed by atoms with Crippen LogP contribution in [0.1, 0.15) is 52.7 Å². The van der Waals surface area contributed by atoms with Crippen molar-refractivity contribution in [2.24, 2.45) is 0 Å². The van der Waals surface area contributed by atoms with Crippen LogP contribution in [0.5, 0.6) is 0 Å². The summed E-state index contributed by atoms with van der Waals surface area (Å²) < 4.78 is 0. The Balaban J connectivity index is 1.35. The Morgan fingerprint density at radius 2 is 0.558 bits per heavy atom. The Morgan fingerprint density at radius 3 is 0.865 bits per heavy atom. The molecule has 9 aromatic rings. The molecule has 52 heavy (non-hydrogen) atoms. The van der Waals surface area contributed by atoms with Gasteiger partial charge in [0.1, 0.15) is 0 Å². The fourth-order valence-electron chi connectivity index (χ4n) is 8.23. The molecule has 0 saturated heterocycles. The molecule has 9 aromatic carbocycles. The van der Waals surface area contributed by atoms with E-state index in [1.54, 1.807) is 0 Å². The molecule has 0 atom stereocenters. The summed E-state index contributed by atoms with van der Waals surface area (Å²) in [6.45, 7) is 13.7. The maximum absolute atomic E-state index is 6.15. The molecule has 0 aliphatic carbocycles. The first-order valence-corrected chi connectivity index (χ1v) is 18.3. The zero-order valence-electron chi connectivity index (χ0n) is 30.9. The van der Waals surface area contributed by atoms with Crippen molar-refractivity contribution in [3.63, 3.8) is 0 Å². The van der Waals surface area contributed by atoms with E-state index in [9.17, 15) is 0 Å². The lowest BCUT2D eigenvalue weighted by atomic mass is 9.82. The van der Waals surface area contributed by atoms with E-state index in [0.717, 1.165) is 11.4 Å². The third-order valence-electron chi connectivity index (χ3n) is 11.2. The molecule has 2 nitrogen and oxygen atoms in total. The molecule has 0 aliphatic rings. The predicted octanol–water partition coefficient (Wildman–Crippen LogP) is 13.7. The summed E-state index contributed by atoms with van der Waals surface area (Å²) >= 11 is 0. The minimum absolute atomic E-state index is 0.0422. The van der Waals surface area contributed by atoms with Gasteiger partial charge >= 0.3 is 0 Å². The molecule has 0 spiro atoms.